The number of benzene rings is 2. The molecule has 5 nitrogen and oxygen atoms in total. The number of aromatic nitrogens is 3. The Balaban J connectivity index is 1.70. The molecule has 0 saturated carbocycles. The highest BCUT2D eigenvalue weighted by Gasteiger charge is 2.36. The molecule has 0 spiro atoms. The van der Waals surface area contributed by atoms with Crippen molar-refractivity contribution in [1.82, 2.24) is 14.8 Å². The van der Waals surface area contributed by atoms with Crippen LogP contribution in [0.4, 0.5) is 5.95 Å². The second-order valence-electron chi connectivity index (χ2n) is 6.79. The number of hydrogen-bond donors (Lipinski definition) is 1. The van der Waals surface area contributed by atoms with Crippen LogP contribution in [0, 0.1) is 0 Å². The number of hydrogen-bond acceptors (Lipinski definition) is 4. The van der Waals surface area contributed by atoms with Crippen molar-refractivity contribution in [3.8, 4) is 11.4 Å². The van der Waals surface area contributed by atoms with E-state index in [0.717, 1.165) is 35.2 Å². The maximum absolute atomic E-state index is 12.8. The molecule has 0 saturated heterocycles. The first-order chi connectivity index (χ1) is 13.2. The average Bonchev–Trinajstić information content (AvgIpc) is 3.11. The number of rotatable bonds is 2. The third-order valence-corrected chi connectivity index (χ3v) is 5.43. The first-order valence-electron chi connectivity index (χ1n) is 9.02. The van der Waals surface area contributed by atoms with Gasteiger partial charge in [-0.3, -0.25) is 4.79 Å². The standard InChI is InChI=1S/C21H17ClN4O/c22-15-10-5-4-9-14(15)20-24-21-23-16-11-6-12-17(27)18(16)19(26(21)25-20)13-7-2-1-3-8-13/h1-5,7-10,19H,6,11-12H2,(H,23,24,25). The highest BCUT2D eigenvalue weighted by molar-refractivity contribution is 6.33. The van der Waals surface area contributed by atoms with E-state index in [2.05, 4.69) is 10.3 Å². The summed E-state index contributed by atoms with van der Waals surface area (Å²) in [5, 5.41) is 8.68. The molecule has 2 aliphatic rings. The number of nitrogens with one attached hydrogen (secondary N) is 1. The van der Waals surface area contributed by atoms with Gasteiger partial charge >= 0.3 is 0 Å². The molecule has 1 aliphatic carbocycles. The summed E-state index contributed by atoms with van der Waals surface area (Å²) in [6, 6.07) is 17.3. The molecule has 1 aliphatic heterocycles. The van der Waals surface area contributed by atoms with Gasteiger partial charge in [0.15, 0.2) is 11.6 Å². The normalized spacial score (nSPS) is 18.7. The van der Waals surface area contributed by atoms with Gasteiger partial charge < -0.3 is 5.32 Å². The molecule has 6 heteroatoms. The van der Waals surface area contributed by atoms with E-state index in [-0.39, 0.29) is 11.8 Å². The zero-order valence-corrected chi connectivity index (χ0v) is 15.3. The van der Waals surface area contributed by atoms with Crippen molar-refractivity contribution in [3.63, 3.8) is 0 Å². The molecular weight excluding hydrogens is 360 g/mol. The lowest BCUT2D eigenvalue weighted by Gasteiger charge is -2.32. The third kappa shape index (κ3) is 2.66. The molecule has 134 valence electrons. The second-order valence-corrected chi connectivity index (χ2v) is 7.20. The summed E-state index contributed by atoms with van der Waals surface area (Å²) in [5.74, 6) is 1.38. The quantitative estimate of drug-likeness (QED) is 0.708. The number of ketones is 1. The van der Waals surface area contributed by atoms with Crippen molar-refractivity contribution in [2.75, 3.05) is 5.32 Å². The molecular formula is C21H17ClN4O. The van der Waals surface area contributed by atoms with Gasteiger partial charge in [-0.25, -0.2) is 4.68 Å². The van der Waals surface area contributed by atoms with E-state index in [1.54, 1.807) is 0 Å². The molecule has 1 unspecified atom stereocenters. The van der Waals surface area contributed by atoms with Crippen LogP contribution in [0.2, 0.25) is 5.02 Å². The lowest BCUT2D eigenvalue weighted by atomic mass is 9.85. The van der Waals surface area contributed by atoms with E-state index in [0.29, 0.717) is 23.2 Å². The first-order valence-corrected chi connectivity index (χ1v) is 9.40. The van der Waals surface area contributed by atoms with Gasteiger partial charge in [0.05, 0.1) is 5.02 Å². The zero-order valence-electron chi connectivity index (χ0n) is 14.5. The summed E-state index contributed by atoms with van der Waals surface area (Å²) < 4.78 is 1.82. The average molecular weight is 377 g/mol. The van der Waals surface area contributed by atoms with Gasteiger partial charge in [-0.15, -0.1) is 5.10 Å². The summed E-state index contributed by atoms with van der Waals surface area (Å²) in [7, 11) is 0. The van der Waals surface area contributed by atoms with Crippen LogP contribution in [0.1, 0.15) is 30.9 Å². The predicted molar refractivity (Wildman–Crippen MR) is 105 cm³/mol. The van der Waals surface area contributed by atoms with E-state index in [4.69, 9.17) is 16.7 Å². The van der Waals surface area contributed by atoms with Crippen LogP contribution in [0.25, 0.3) is 11.4 Å². The van der Waals surface area contributed by atoms with Crippen LogP contribution in [0.3, 0.4) is 0 Å². The fourth-order valence-electron chi connectivity index (χ4n) is 3.86. The molecule has 27 heavy (non-hydrogen) atoms. The fourth-order valence-corrected chi connectivity index (χ4v) is 4.08. The highest BCUT2D eigenvalue weighted by Crippen LogP contribution is 2.40. The van der Waals surface area contributed by atoms with E-state index in [1.165, 1.54) is 0 Å². The van der Waals surface area contributed by atoms with Crippen molar-refractivity contribution >= 4 is 23.3 Å². The van der Waals surface area contributed by atoms with Crippen LogP contribution >= 0.6 is 11.6 Å². The summed E-state index contributed by atoms with van der Waals surface area (Å²) >= 11 is 6.35. The Morgan fingerprint density at radius 3 is 2.63 bits per heavy atom. The molecule has 0 fully saturated rings. The third-order valence-electron chi connectivity index (χ3n) is 5.10. The largest absolute Gasteiger partial charge is 0.328 e. The molecule has 1 aromatic heterocycles. The summed E-state index contributed by atoms with van der Waals surface area (Å²) in [6.45, 7) is 0. The maximum Gasteiger partial charge on any atom is 0.226 e. The molecule has 0 amide bonds. The lowest BCUT2D eigenvalue weighted by molar-refractivity contribution is -0.116. The van der Waals surface area contributed by atoms with Crippen molar-refractivity contribution in [1.29, 1.82) is 0 Å². The summed E-state index contributed by atoms with van der Waals surface area (Å²) in [4.78, 5) is 17.5. The van der Waals surface area contributed by atoms with Crippen molar-refractivity contribution in [3.05, 3.63) is 76.5 Å². The lowest BCUT2D eigenvalue weighted by Crippen LogP contribution is -2.31. The first kappa shape index (κ1) is 16.3. The minimum Gasteiger partial charge on any atom is -0.328 e. The number of anilines is 1. The highest BCUT2D eigenvalue weighted by atomic mass is 35.5. The van der Waals surface area contributed by atoms with Crippen LogP contribution in [-0.2, 0) is 4.79 Å². The Bertz CT molecular complexity index is 1070. The number of fused-ring (bicyclic) bond motifs is 1. The fraction of sp³-hybridized carbons (Fsp3) is 0.190. The topological polar surface area (TPSA) is 59.8 Å². The van der Waals surface area contributed by atoms with Gasteiger partial charge in [0.1, 0.15) is 6.04 Å². The Morgan fingerprint density at radius 1 is 1.04 bits per heavy atom. The molecule has 1 N–H and O–H groups in total. The second kappa shape index (κ2) is 6.35. The maximum atomic E-state index is 12.8. The van der Waals surface area contributed by atoms with Crippen molar-refractivity contribution in [2.45, 2.75) is 25.3 Å². The van der Waals surface area contributed by atoms with E-state index in [9.17, 15) is 4.79 Å². The molecule has 2 heterocycles. The van der Waals surface area contributed by atoms with E-state index < -0.39 is 0 Å². The Morgan fingerprint density at radius 2 is 1.81 bits per heavy atom. The molecule has 5 rings (SSSR count). The van der Waals surface area contributed by atoms with Gasteiger partial charge in [0, 0.05) is 23.3 Å². The molecule has 1 atom stereocenters. The van der Waals surface area contributed by atoms with Gasteiger partial charge in [-0.1, -0.05) is 54.1 Å². The number of nitrogens with zero attached hydrogens (tertiary/aromatic N) is 3. The Hall–Kier alpha value is -2.92. The van der Waals surface area contributed by atoms with Gasteiger partial charge in [-0.05, 0) is 30.5 Å². The molecule has 2 aromatic carbocycles. The summed E-state index contributed by atoms with van der Waals surface area (Å²) in [6.07, 6.45) is 2.28. The van der Waals surface area contributed by atoms with E-state index >= 15 is 0 Å². The van der Waals surface area contributed by atoms with Crippen LogP contribution in [0.15, 0.2) is 65.9 Å². The van der Waals surface area contributed by atoms with Crippen LogP contribution in [0.5, 0.6) is 0 Å². The Kier molecular flexibility index (Phi) is 3.83. The smallest absolute Gasteiger partial charge is 0.226 e. The number of carbonyl (C=O) groups excluding carboxylic acids is 1. The zero-order chi connectivity index (χ0) is 18.4. The monoisotopic (exact) mass is 376 g/mol. The summed E-state index contributed by atoms with van der Waals surface area (Å²) in [5.41, 5.74) is 3.57. The predicted octanol–water partition coefficient (Wildman–Crippen LogP) is 4.62. The Labute approximate surface area is 161 Å². The van der Waals surface area contributed by atoms with Gasteiger partial charge in [0.2, 0.25) is 5.95 Å². The van der Waals surface area contributed by atoms with Crippen LogP contribution in [-0.4, -0.2) is 20.5 Å². The van der Waals surface area contributed by atoms with Crippen molar-refractivity contribution < 1.29 is 4.79 Å². The molecule has 3 aromatic rings. The van der Waals surface area contributed by atoms with Gasteiger partial charge in [0.25, 0.3) is 0 Å². The van der Waals surface area contributed by atoms with E-state index in [1.807, 2.05) is 59.3 Å². The van der Waals surface area contributed by atoms with Gasteiger partial charge in [-0.2, -0.15) is 4.98 Å². The molecule has 0 radical (unpaired) electrons. The van der Waals surface area contributed by atoms with Crippen molar-refractivity contribution in [2.24, 2.45) is 0 Å². The number of allylic oxidation sites excluding steroid dienone is 2. The minimum absolute atomic E-state index is 0.179. The van der Waals surface area contributed by atoms with Crippen LogP contribution < -0.4 is 5.32 Å². The SMILES string of the molecule is O=C1CCCC2=C1C(c1ccccc1)n1nc(-c3ccccc3Cl)nc1N2. The number of halogens is 1. The minimum atomic E-state index is -0.269. The number of Topliss-reactive ketones (excluding diaryl/α,β-unsaturated/α-hetero) is 1. The number of carbonyl (C=O) groups is 1. The molecule has 0 bridgehead atoms.